The van der Waals surface area contributed by atoms with Crippen LogP contribution in [-0.2, 0) is 11.3 Å². The first-order valence-electron chi connectivity index (χ1n) is 6.93. The van der Waals surface area contributed by atoms with Gasteiger partial charge in [0.05, 0.1) is 17.7 Å². The quantitative estimate of drug-likeness (QED) is 0.826. The molecule has 2 unspecified atom stereocenters. The first-order chi connectivity index (χ1) is 9.22. The standard InChI is InChI=1S/C16H20N2O/c1-12-9-18(10-13(2)19-12)11-15-6-3-5-14-7-4-8-17-16(14)15/h3-8,12-13H,9-11H2,1-2H3. The number of fused-ring (bicyclic) bond motifs is 1. The molecule has 0 saturated carbocycles. The zero-order valence-electron chi connectivity index (χ0n) is 11.5. The van der Waals surface area contributed by atoms with Gasteiger partial charge in [-0.3, -0.25) is 9.88 Å². The van der Waals surface area contributed by atoms with Crippen LogP contribution < -0.4 is 0 Å². The number of hydrogen-bond acceptors (Lipinski definition) is 3. The van der Waals surface area contributed by atoms with Crippen LogP contribution in [0.2, 0.25) is 0 Å². The van der Waals surface area contributed by atoms with Crippen molar-refractivity contribution in [3.63, 3.8) is 0 Å². The van der Waals surface area contributed by atoms with Gasteiger partial charge in [-0.25, -0.2) is 0 Å². The van der Waals surface area contributed by atoms with Crippen LogP contribution in [0, 0.1) is 0 Å². The van der Waals surface area contributed by atoms with Crippen LogP contribution in [0.3, 0.4) is 0 Å². The van der Waals surface area contributed by atoms with E-state index in [4.69, 9.17) is 4.74 Å². The summed E-state index contributed by atoms with van der Waals surface area (Å²) < 4.78 is 5.78. The molecule has 100 valence electrons. The Labute approximate surface area is 114 Å². The zero-order chi connectivity index (χ0) is 13.2. The Kier molecular flexibility index (Phi) is 3.49. The molecule has 0 bridgehead atoms. The van der Waals surface area contributed by atoms with Gasteiger partial charge in [0.25, 0.3) is 0 Å². The lowest BCUT2D eigenvalue weighted by atomic mass is 10.1. The average molecular weight is 256 g/mol. The Morgan fingerprint density at radius 2 is 1.89 bits per heavy atom. The smallest absolute Gasteiger partial charge is 0.0746 e. The van der Waals surface area contributed by atoms with Crippen molar-refractivity contribution in [1.29, 1.82) is 0 Å². The predicted molar refractivity (Wildman–Crippen MR) is 77.0 cm³/mol. The fourth-order valence-electron chi connectivity index (χ4n) is 2.95. The van der Waals surface area contributed by atoms with E-state index in [1.54, 1.807) is 0 Å². The molecule has 2 aromatic rings. The van der Waals surface area contributed by atoms with Crippen LogP contribution in [0.1, 0.15) is 19.4 Å². The third-order valence-electron chi connectivity index (χ3n) is 3.61. The molecule has 3 rings (SSSR count). The lowest BCUT2D eigenvalue weighted by Gasteiger charge is -2.35. The van der Waals surface area contributed by atoms with E-state index in [9.17, 15) is 0 Å². The Morgan fingerprint density at radius 3 is 2.68 bits per heavy atom. The molecule has 1 aliphatic rings. The Hall–Kier alpha value is -1.45. The molecular weight excluding hydrogens is 236 g/mol. The number of pyridine rings is 1. The van der Waals surface area contributed by atoms with Gasteiger partial charge >= 0.3 is 0 Å². The van der Waals surface area contributed by atoms with Gasteiger partial charge in [0.1, 0.15) is 0 Å². The molecule has 3 nitrogen and oxygen atoms in total. The summed E-state index contributed by atoms with van der Waals surface area (Å²) in [7, 11) is 0. The van der Waals surface area contributed by atoms with E-state index in [1.807, 2.05) is 12.3 Å². The van der Waals surface area contributed by atoms with Gasteiger partial charge < -0.3 is 4.74 Å². The normalized spacial score (nSPS) is 24.7. The minimum absolute atomic E-state index is 0.312. The van der Waals surface area contributed by atoms with Gasteiger partial charge in [0.2, 0.25) is 0 Å². The van der Waals surface area contributed by atoms with Crippen molar-refractivity contribution in [3.8, 4) is 0 Å². The summed E-state index contributed by atoms with van der Waals surface area (Å²) in [5.41, 5.74) is 2.43. The van der Waals surface area contributed by atoms with E-state index in [0.29, 0.717) is 12.2 Å². The summed E-state index contributed by atoms with van der Waals surface area (Å²) in [6.07, 6.45) is 2.49. The van der Waals surface area contributed by atoms with E-state index in [2.05, 4.69) is 48.0 Å². The molecule has 0 aliphatic carbocycles. The van der Waals surface area contributed by atoms with Crippen molar-refractivity contribution < 1.29 is 4.74 Å². The summed E-state index contributed by atoms with van der Waals surface area (Å²) in [6, 6.07) is 10.5. The highest BCUT2D eigenvalue weighted by Gasteiger charge is 2.22. The van der Waals surface area contributed by atoms with Crippen LogP contribution in [0.15, 0.2) is 36.5 Å². The highest BCUT2D eigenvalue weighted by molar-refractivity contribution is 5.81. The summed E-state index contributed by atoms with van der Waals surface area (Å²) in [4.78, 5) is 6.99. The number of benzene rings is 1. The topological polar surface area (TPSA) is 25.4 Å². The van der Waals surface area contributed by atoms with Crippen molar-refractivity contribution in [2.75, 3.05) is 13.1 Å². The lowest BCUT2D eigenvalue weighted by Crippen LogP contribution is -2.44. The second-order valence-corrected chi connectivity index (χ2v) is 5.44. The number of morpholine rings is 1. The van der Waals surface area contributed by atoms with Gasteiger partial charge in [-0.1, -0.05) is 24.3 Å². The molecule has 3 heteroatoms. The summed E-state index contributed by atoms with van der Waals surface area (Å²) in [5, 5.41) is 1.22. The molecule has 1 aromatic carbocycles. The number of hydrogen-bond donors (Lipinski definition) is 0. The molecule has 1 aromatic heterocycles. The summed E-state index contributed by atoms with van der Waals surface area (Å²) in [6.45, 7) is 7.22. The summed E-state index contributed by atoms with van der Waals surface area (Å²) >= 11 is 0. The average Bonchev–Trinajstić information content (AvgIpc) is 2.38. The second-order valence-electron chi connectivity index (χ2n) is 5.44. The zero-order valence-corrected chi connectivity index (χ0v) is 11.5. The minimum Gasteiger partial charge on any atom is -0.373 e. The highest BCUT2D eigenvalue weighted by Crippen LogP contribution is 2.20. The Balaban J connectivity index is 1.85. The van der Waals surface area contributed by atoms with Gasteiger partial charge in [0, 0.05) is 31.2 Å². The molecule has 19 heavy (non-hydrogen) atoms. The van der Waals surface area contributed by atoms with Crippen molar-refractivity contribution in [2.45, 2.75) is 32.6 Å². The molecular formula is C16H20N2O. The SMILES string of the molecule is CC1CN(Cc2cccc3cccnc23)CC(C)O1. The molecule has 2 heterocycles. The first-order valence-corrected chi connectivity index (χ1v) is 6.93. The van der Waals surface area contributed by atoms with E-state index in [0.717, 1.165) is 25.2 Å². The van der Waals surface area contributed by atoms with Gasteiger partial charge in [-0.05, 0) is 25.5 Å². The van der Waals surface area contributed by atoms with Crippen LogP contribution >= 0.6 is 0 Å². The number of para-hydroxylation sites is 1. The van der Waals surface area contributed by atoms with E-state index >= 15 is 0 Å². The van der Waals surface area contributed by atoms with Crippen LogP contribution in [-0.4, -0.2) is 35.2 Å². The molecule has 1 saturated heterocycles. The molecule has 0 radical (unpaired) electrons. The van der Waals surface area contributed by atoms with Gasteiger partial charge in [-0.15, -0.1) is 0 Å². The fourth-order valence-corrected chi connectivity index (χ4v) is 2.95. The number of rotatable bonds is 2. The fraction of sp³-hybridized carbons (Fsp3) is 0.438. The maximum Gasteiger partial charge on any atom is 0.0746 e. The molecule has 1 fully saturated rings. The maximum absolute atomic E-state index is 5.78. The Morgan fingerprint density at radius 1 is 1.16 bits per heavy atom. The molecule has 0 N–H and O–H groups in total. The second kappa shape index (κ2) is 5.27. The summed E-state index contributed by atoms with van der Waals surface area (Å²) in [5.74, 6) is 0. The van der Waals surface area contributed by atoms with E-state index in [-0.39, 0.29) is 0 Å². The lowest BCUT2D eigenvalue weighted by molar-refractivity contribution is -0.0704. The molecule has 2 atom stereocenters. The van der Waals surface area contributed by atoms with Crippen molar-refractivity contribution in [2.24, 2.45) is 0 Å². The van der Waals surface area contributed by atoms with Crippen molar-refractivity contribution >= 4 is 10.9 Å². The number of aromatic nitrogens is 1. The monoisotopic (exact) mass is 256 g/mol. The molecule has 1 aliphatic heterocycles. The number of ether oxygens (including phenoxy) is 1. The number of nitrogens with zero attached hydrogens (tertiary/aromatic N) is 2. The van der Waals surface area contributed by atoms with E-state index in [1.165, 1.54) is 10.9 Å². The molecule has 0 spiro atoms. The van der Waals surface area contributed by atoms with Crippen molar-refractivity contribution in [3.05, 3.63) is 42.1 Å². The Bertz CT molecular complexity index is 554. The molecule has 0 amide bonds. The van der Waals surface area contributed by atoms with Crippen LogP contribution in [0.25, 0.3) is 10.9 Å². The highest BCUT2D eigenvalue weighted by atomic mass is 16.5. The maximum atomic E-state index is 5.78. The largest absolute Gasteiger partial charge is 0.373 e. The van der Waals surface area contributed by atoms with E-state index < -0.39 is 0 Å². The predicted octanol–water partition coefficient (Wildman–Crippen LogP) is 2.84. The third-order valence-corrected chi connectivity index (χ3v) is 3.61. The van der Waals surface area contributed by atoms with Gasteiger partial charge in [0.15, 0.2) is 0 Å². The first kappa shape index (κ1) is 12.6. The third kappa shape index (κ3) is 2.77. The van der Waals surface area contributed by atoms with Crippen LogP contribution in [0.5, 0.6) is 0 Å². The van der Waals surface area contributed by atoms with Crippen LogP contribution in [0.4, 0.5) is 0 Å². The minimum atomic E-state index is 0.312. The van der Waals surface area contributed by atoms with Crippen molar-refractivity contribution in [1.82, 2.24) is 9.88 Å². The van der Waals surface area contributed by atoms with Gasteiger partial charge in [-0.2, -0.15) is 0 Å².